The molecule has 0 saturated carbocycles. The molecule has 96 valence electrons. The number of carbonyl (C=O) groups excluding carboxylic acids is 1. The van der Waals surface area contributed by atoms with Crippen molar-refractivity contribution in [3.8, 4) is 0 Å². The van der Waals surface area contributed by atoms with Crippen molar-refractivity contribution in [2.45, 2.75) is 0 Å². The number of rotatable bonds is 7. The van der Waals surface area contributed by atoms with Crippen LogP contribution in [-0.4, -0.2) is 49.2 Å². The van der Waals surface area contributed by atoms with Crippen molar-refractivity contribution in [3.05, 3.63) is 11.9 Å². The molecule has 1 amide bonds. The van der Waals surface area contributed by atoms with Crippen LogP contribution in [-0.2, 0) is 16.5 Å². The zero-order chi connectivity index (χ0) is 12.7. The van der Waals surface area contributed by atoms with Crippen LogP contribution >= 0.6 is 0 Å². The average molecular weight is 242 g/mol. The SMILES string of the molecule is COCCOCCNC(=O)c1nn(C)cc1N. The number of methoxy groups -OCH3 is 1. The average Bonchev–Trinajstić information content (AvgIpc) is 2.62. The Kier molecular flexibility index (Phi) is 5.44. The highest BCUT2D eigenvalue weighted by atomic mass is 16.5. The molecule has 1 heterocycles. The minimum absolute atomic E-state index is 0.240. The molecule has 0 unspecified atom stereocenters. The summed E-state index contributed by atoms with van der Waals surface area (Å²) in [5, 5.41) is 6.63. The highest BCUT2D eigenvalue weighted by Gasteiger charge is 2.12. The maximum atomic E-state index is 11.6. The number of nitrogen functional groups attached to an aromatic ring is 1. The minimum Gasteiger partial charge on any atom is -0.396 e. The fourth-order valence-corrected chi connectivity index (χ4v) is 1.25. The first-order valence-corrected chi connectivity index (χ1v) is 5.29. The van der Waals surface area contributed by atoms with Crippen LogP contribution in [0.2, 0.25) is 0 Å². The fourth-order valence-electron chi connectivity index (χ4n) is 1.25. The normalized spacial score (nSPS) is 10.5. The summed E-state index contributed by atoms with van der Waals surface area (Å²) in [6.07, 6.45) is 1.59. The van der Waals surface area contributed by atoms with E-state index in [2.05, 4.69) is 10.4 Å². The number of aryl methyl sites for hydroxylation is 1. The van der Waals surface area contributed by atoms with Crippen molar-refractivity contribution in [2.75, 3.05) is 39.2 Å². The monoisotopic (exact) mass is 242 g/mol. The fraction of sp³-hybridized carbons (Fsp3) is 0.600. The molecule has 0 bridgehead atoms. The summed E-state index contributed by atoms with van der Waals surface area (Å²) in [6.45, 7) is 1.90. The van der Waals surface area contributed by atoms with E-state index in [0.29, 0.717) is 32.1 Å². The summed E-state index contributed by atoms with van der Waals surface area (Å²) in [4.78, 5) is 11.6. The molecular formula is C10H18N4O3. The number of ether oxygens (including phenoxy) is 2. The number of nitrogens with one attached hydrogen (secondary N) is 1. The zero-order valence-electron chi connectivity index (χ0n) is 10.1. The molecular weight excluding hydrogens is 224 g/mol. The standard InChI is InChI=1S/C10H18N4O3/c1-14-7-8(11)9(13-14)10(15)12-3-4-17-6-5-16-2/h7H,3-6,11H2,1-2H3,(H,12,15). The Morgan fingerprint density at radius 1 is 1.53 bits per heavy atom. The van der Waals surface area contributed by atoms with E-state index in [9.17, 15) is 4.79 Å². The number of hydrogen-bond donors (Lipinski definition) is 2. The number of carbonyl (C=O) groups is 1. The van der Waals surface area contributed by atoms with Crippen LogP contribution in [0.5, 0.6) is 0 Å². The third kappa shape index (κ3) is 4.41. The zero-order valence-corrected chi connectivity index (χ0v) is 10.1. The number of aromatic nitrogens is 2. The topological polar surface area (TPSA) is 91.4 Å². The molecule has 0 atom stereocenters. The van der Waals surface area contributed by atoms with Crippen molar-refractivity contribution >= 4 is 11.6 Å². The van der Waals surface area contributed by atoms with Gasteiger partial charge in [0.1, 0.15) is 0 Å². The van der Waals surface area contributed by atoms with Crippen molar-refractivity contribution in [3.63, 3.8) is 0 Å². The number of amides is 1. The molecule has 3 N–H and O–H groups in total. The summed E-state index contributed by atoms with van der Waals surface area (Å²) in [7, 11) is 3.32. The first-order valence-electron chi connectivity index (χ1n) is 5.29. The van der Waals surface area contributed by atoms with Crippen LogP contribution in [0.15, 0.2) is 6.20 Å². The molecule has 0 spiro atoms. The van der Waals surface area contributed by atoms with Gasteiger partial charge in [0.15, 0.2) is 5.69 Å². The molecule has 0 aliphatic carbocycles. The summed E-state index contributed by atoms with van der Waals surface area (Å²) >= 11 is 0. The number of nitrogens with two attached hydrogens (primary N) is 1. The largest absolute Gasteiger partial charge is 0.396 e. The van der Waals surface area contributed by atoms with E-state index < -0.39 is 0 Å². The Hall–Kier alpha value is -1.60. The summed E-state index contributed by atoms with van der Waals surface area (Å²) < 4.78 is 11.5. The molecule has 1 aromatic rings. The molecule has 0 aliphatic rings. The van der Waals surface area contributed by atoms with E-state index in [0.717, 1.165) is 0 Å². The second kappa shape index (κ2) is 6.87. The molecule has 7 nitrogen and oxygen atoms in total. The maximum absolute atomic E-state index is 11.6. The third-order valence-corrected chi connectivity index (χ3v) is 2.04. The second-order valence-electron chi connectivity index (χ2n) is 3.47. The van der Waals surface area contributed by atoms with E-state index in [1.54, 1.807) is 20.4 Å². The van der Waals surface area contributed by atoms with Crippen LogP contribution in [0.4, 0.5) is 5.69 Å². The predicted molar refractivity (Wildman–Crippen MR) is 62.6 cm³/mol. The maximum Gasteiger partial charge on any atom is 0.274 e. The number of anilines is 1. The lowest BCUT2D eigenvalue weighted by Crippen LogP contribution is -2.28. The van der Waals surface area contributed by atoms with Gasteiger partial charge in [-0.2, -0.15) is 5.10 Å². The number of hydrogen-bond acceptors (Lipinski definition) is 5. The molecule has 1 aromatic heterocycles. The third-order valence-electron chi connectivity index (χ3n) is 2.04. The van der Waals surface area contributed by atoms with Gasteiger partial charge in [0.25, 0.3) is 5.91 Å². The molecule has 17 heavy (non-hydrogen) atoms. The Bertz CT molecular complexity index is 364. The first kappa shape index (κ1) is 13.5. The van der Waals surface area contributed by atoms with Gasteiger partial charge in [-0.25, -0.2) is 0 Å². The second-order valence-corrected chi connectivity index (χ2v) is 3.47. The molecule has 0 aliphatic heterocycles. The molecule has 7 heteroatoms. The van der Waals surface area contributed by atoms with Gasteiger partial charge >= 0.3 is 0 Å². The Balaban J connectivity index is 2.23. The van der Waals surface area contributed by atoms with E-state index >= 15 is 0 Å². The van der Waals surface area contributed by atoms with Crippen LogP contribution in [0.3, 0.4) is 0 Å². The van der Waals surface area contributed by atoms with Crippen molar-refractivity contribution < 1.29 is 14.3 Å². The lowest BCUT2D eigenvalue weighted by molar-refractivity contribution is 0.0692. The Morgan fingerprint density at radius 3 is 2.88 bits per heavy atom. The van der Waals surface area contributed by atoms with E-state index in [-0.39, 0.29) is 11.6 Å². The van der Waals surface area contributed by atoms with Gasteiger partial charge in [0.05, 0.1) is 25.5 Å². The number of nitrogens with zero attached hydrogens (tertiary/aromatic N) is 2. The van der Waals surface area contributed by atoms with Gasteiger partial charge in [0.2, 0.25) is 0 Å². The van der Waals surface area contributed by atoms with Crippen LogP contribution in [0.25, 0.3) is 0 Å². The van der Waals surface area contributed by atoms with Gasteiger partial charge < -0.3 is 20.5 Å². The summed E-state index contributed by atoms with van der Waals surface area (Å²) in [5.41, 5.74) is 6.23. The molecule has 0 saturated heterocycles. The molecule has 1 rings (SSSR count). The Morgan fingerprint density at radius 2 is 2.29 bits per heavy atom. The van der Waals surface area contributed by atoms with E-state index in [1.165, 1.54) is 4.68 Å². The Labute approximate surface area is 99.9 Å². The van der Waals surface area contributed by atoms with Gasteiger partial charge in [0, 0.05) is 26.9 Å². The van der Waals surface area contributed by atoms with E-state index in [4.69, 9.17) is 15.2 Å². The highest BCUT2D eigenvalue weighted by Crippen LogP contribution is 2.06. The van der Waals surface area contributed by atoms with Gasteiger partial charge in [-0.1, -0.05) is 0 Å². The van der Waals surface area contributed by atoms with Crippen LogP contribution in [0, 0.1) is 0 Å². The smallest absolute Gasteiger partial charge is 0.274 e. The van der Waals surface area contributed by atoms with Crippen LogP contribution in [0.1, 0.15) is 10.5 Å². The minimum atomic E-state index is -0.293. The quantitative estimate of drug-likeness (QED) is 0.623. The van der Waals surface area contributed by atoms with Crippen molar-refractivity contribution in [2.24, 2.45) is 7.05 Å². The summed E-state index contributed by atoms with van der Waals surface area (Å²) in [5.74, 6) is -0.293. The van der Waals surface area contributed by atoms with Crippen molar-refractivity contribution in [1.29, 1.82) is 0 Å². The predicted octanol–water partition coefficient (Wildman–Crippen LogP) is -0.605. The first-order chi connectivity index (χ1) is 8.15. The molecule has 0 fully saturated rings. The summed E-state index contributed by atoms with van der Waals surface area (Å²) in [6, 6.07) is 0. The molecule has 0 aromatic carbocycles. The lowest BCUT2D eigenvalue weighted by atomic mass is 10.3. The lowest BCUT2D eigenvalue weighted by Gasteiger charge is -2.05. The highest BCUT2D eigenvalue weighted by molar-refractivity contribution is 5.96. The van der Waals surface area contributed by atoms with Gasteiger partial charge in [-0.3, -0.25) is 9.48 Å². The van der Waals surface area contributed by atoms with Gasteiger partial charge in [-0.15, -0.1) is 0 Å². The van der Waals surface area contributed by atoms with Gasteiger partial charge in [-0.05, 0) is 0 Å². The molecule has 0 radical (unpaired) electrons. The van der Waals surface area contributed by atoms with Crippen LogP contribution < -0.4 is 11.1 Å². The van der Waals surface area contributed by atoms with Crippen molar-refractivity contribution in [1.82, 2.24) is 15.1 Å². The van der Waals surface area contributed by atoms with E-state index in [1.807, 2.05) is 0 Å².